The number of ether oxygens (including phenoxy) is 1. The maximum absolute atomic E-state index is 6.08. The van der Waals surface area contributed by atoms with Gasteiger partial charge in [-0.15, -0.1) is 0 Å². The van der Waals surface area contributed by atoms with Crippen LogP contribution in [0.1, 0.15) is 33.3 Å². The van der Waals surface area contributed by atoms with E-state index in [-0.39, 0.29) is 0 Å². The van der Waals surface area contributed by atoms with Crippen LogP contribution in [0, 0.1) is 6.92 Å². The molecular weight excluding hydrogens is 246 g/mol. The van der Waals surface area contributed by atoms with Crippen LogP contribution in [0.3, 0.4) is 0 Å². The summed E-state index contributed by atoms with van der Waals surface area (Å²) in [6.07, 6.45) is 0. The minimum atomic E-state index is 0.811. The second-order valence-corrected chi connectivity index (χ2v) is 3.89. The molecule has 1 aromatic rings. The van der Waals surface area contributed by atoms with Crippen molar-refractivity contribution in [1.29, 1.82) is 0 Å². The van der Waals surface area contributed by atoms with Gasteiger partial charge in [0.05, 0.1) is 13.2 Å². The zero-order valence-electron chi connectivity index (χ0n) is 12.3. The number of hydrogen-bond donors (Lipinski definition) is 0. The van der Waals surface area contributed by atoms with E-state index < -0.39 is 0 Å². The molecule has 0 atom stereocenters. The van der Waals surface area contributed by atoms with E-state index in [0.29, 0.717) is 0 Å². The van der Waals surface area contributed by atoms with Crippen molar-refractivity contribution < 1.29 is 4.74 Å². The predicted octanol–water partition coefficient (Wildman–Crippen LogP) is 4.54. The van der Waals surface area contributed by atoms with Crippen LogP contribution >= 0.6 is 11.6 Å². The molecule has 0 aliphatic carbocycles. The molecule has 1 saturated heterocycles. The number of morpholine rings is 1. The van der Waals surface area contributed by atoms with E-state index in [2.05, 4.69) is 17.9 Å². The molecule has 1 aromatic carbocycles. The number of anilines is 1. The van der Waals surface area contributed by atoms with Gasteiger partial charge in [-0.1, -0.05) is 45.4 Å². The van der Waals surface area contributed by atoms with Crippen LogP contribution in [0.15, 0.2) is 18.2 Å². The van der Waals surface area contributed by atoms with Crippen molar-refractivity contribution in [3.05, 3.63) is 28.8 Å². The van der Waals surface area contributed by atoms with Crippen LogP contribution in [0.25, 0.3) is 0 Å². The summed E-state index contributed by atoms with van der Waals surface area (Å²) >= 11 is 6.08. The van der Waals surface area contributed by atoms with Gasteiger partial charge >= 0.3 is 0 Å². The average Bonchev–Trinajstić information content (AvgIpc) is 2.47. The molecule has 0 aromatic heterocycles. The maximum atomic E-state index is 6.08. The molecule has 18 heavy (non-hydrogen) atoms. The van der Waals surface area contributed by atoms with E-state index in [1.807, 2.05) is 39.8 Å². The quantitative estimate of drug-likeness (QED) is 0.744. The first-order chi connectivity index (χ1) is 8.79. The molecule has 1 heterocycles. The van der Waals surface area contributed by atoms with Crippen molar-refractivity contribution in [2.45, 2.75) is 34.6 Å². The number of halogens is 1. The van der Waals surface area contributed by atoms with Crippen LogP contribution < -0.4 is 4.90 Å². The molecule has 0 radical (unpaired) electrons. The lowest BCUT2D eigenvalue weighted by Crippen LogP contribution is -2.36. The zero-order chi connectivity index (χ0) is 14.0. The molecule has 2 nitrogen and oxygen atoms in total. The van der Waals surface area contributed by atoms with Gasteiger partial charge in [-0.3, -0.25) is 0 Å². The van der Waals surface area contributed by atoms with E-state index in [9.17, 15) is 0 Å². The summed E-state index contributed by atoms with van der Waals surface area (Å²) in [4.78, 5) is 2.32. The third-order valence-corrected chi connectivity index (χ3v) is 3.00. The van der Waals surface area contributed by atoms with E-state index in [0.717, 1.165) is 36.9 Å². The fraction of sp³-hybridized carbons (Fsp3) is 0.600. The van der Waals surface area contributed by atoms with Gasteiger partial charge in [0.1, 0.15) is 0 Å². The van der Waals surface area contributed by atoms with Crippen molar-refractivity contribution >= 4 is 17.3 Å². The highest BCUT2D eigenvalue weighted by molar-refractivity contribution is 6.31. The number of nitrogens with zero attached hydrogens (tertiary/aromatic N) is 1. The minimum Gasteiger partial charge on any atom is -0.378 e. The number of rotatable bonds is 1. The van der Waals surface area contributed by atoms with Crippen LogP contribution in [0.5, 0.6) is 0 Å². The Bertz CT molecular complexity index is 322. The summed E-state index contributed by atoms with van der Waals surface area (Å²) in [5, 5.41) is 0.842. The summed E-state index contributed by atoms with van der Waals surface area (Å²) in [5.41, 5.74) is 2.40. The smallest absolute Gasteiger partial charge is 0.0642 e. The van der Waals surface area contributed by atoms with Gasteiger partial charge in [0.15, 0.2) is 0 Å². The first-order valence-corrected chi connectivity index (χ1v) is 7.24. The highest BCUT2D eigenvalue weighted by Gasteiger charge is 2.13. The van der Waals surface area contributed by atoms with E-state index in [1.165, 1.54) is 5.69 Å². The van der Waals surface area contributed by atoms with Gasteiger partial charge in [0.25, 0.3) is 0 Å². The third-order valence-electron chi connectivity index (χ3n) is 2.59. The Morgan fingerprint density at radius 3 is 2.17 bits per heavy atom. The van der Waals surface area contributed by atoms with Gasteiger partial charge in [-0.25, -0.2) is 0 Å². The lowest BCUT2D eigenvalue weighted by Gasteiger charge is -2.30. The Hall–Kier alpha value is -0.730. The molecule has 1 aliphatic rings. The molecule has 0 saturated carbocycles. The minimum absolute atomic E-state index is 0.811. The molecule has 0 N–H and O–H groups in total. The molecular formula is C15H26ClNO. The van der Waals surface area contributed by atoms with Gasteiger partial charge in [0, 0.05) is 23.8 Å². The highest BCUT2D eigenvalue weighted by atomic mass is 35.5. The molecule has 104 valence electrons. The predicted molar refractivity (Wildman–Crippen MR) is 81.9 cm³/mol. The third kappa shape index (κ3) is 4.87. The molecule has 0 spiro atoms. The Balaban J connectivity index is 0.000000659. The fourth-order valence-electron chi connectivity index (χ4n) is 1.74. The van der Waals surface area contributed by atoms with Gasteiger partial charge < -0.3 is 9.64 Å². The summed E-state index contributed by atoms with van der Waals surface area (Å²) in [6.45, 7) is 13.6. The largest absolute Gasteiger partial charge is 0.378 e. The molecule has 1 fully saturated rings. The highest BCUT2D eigenvalue weighted by Crippen LogP contribution is 2.26. The summed E-state index contributed by atoms with van der Waals surface area (Å²) < 4.78 is 5.32. The second kappa shape index (κ2) is 10.2. The van der Waals surface area contributed by atoms with Gasteiger partial charge in [-0.05, 0) is 24.6 Å². The SMILES string of the molecule is CC.CC.Cc1c(Cl)cccc1N1CCOCC1. The van der Waals surface area contributed by atoms with Crippen molar-refractivity contribution in [3.8, 4) is 0 Å². The Labute approximate surface area is 117 Å². The van der Waals surface area contributed by atoms with E-state index in [1.54, 1.807) is 0 Å². The Kier molecular flexibility index (Phi) is 9.80. The molecule has 0 bridgehead atoms. The fourth-order valence-corrected chi connectivity index (χ4v) is 1.91. The van der Waals surface area contributed by atoms with Crippen molar-refractivity contribution in [2.75, 3.05) is 31.2 Å². The first-order valence-electron chi connectivity index (χ1n) is 6.87. The summed E-state index contributed by atoms with van der Waals surface area (Å²) in [5.74, 6) is 0. The zero-order valence-corrected chi connectivity index (χ0v) is 13.0. The molecule has 3 heteroatoms. The van der Waals surface area contributed by atoms with Crippen LogP contribution in [0.4, 0.5) is 5.69 Å². The van der Waals surface area contributed by atoms with Crippen LogP contribution in [0.2, 0.25) is 5.02 Å². The van der Waals surface area contributed by atoms with Crippen molar-refractivity contribution in [1.82, 2.24) is 0 Å². The Morgan fingerprint density at radius 2 is 1.61 bits per heavy atom. The van der Waals surface area contributed by atoms with E-state index >= 15 is 0 Å². The topological polar surface area (TPSA) is 12.5 Å². The number of benzene rings is 1. The monoisotopic (exact) mass is 271 g/mol. The van der Waals surface area contributed by atoms with Gasteiger partial charge in [-0.2, -0.15) is 0 Å². The van der Waals surface area contributed by atoms with E-state index in [4.69, 9.17) is 16.3 Å². The molecule has 0 unspecified atom stereocenters. The van der Waals surface area contributed by atoms with Gasteiger partial charge in [0.2, 0.25) is 0 Å². The molecule has 2 rings (SSSR count). The first kappa shape index (κ1) is 17.3. The Morgan fingerprint density at radius 1 is 1.06 bits per heavy atom. The normalized spacial score (nSPS) is 14.0. The molecule has 0 amide bonds. The lowest BCUT2D eigenvalue weighted by atomic mass is 10.1. The van der Waals surface area contributed by atoms with Crippen LogP contribution in [-0.2, 0) is 4.74 Å². The average molecular weight is 272 g/mol. The van der Waals surface area contributed by atoms with Crippen LogP contribution in [-0.4, -0.2) is 26.3 Å². The molecule has 1 aliphatic heterocycles. The second-order valence-electron chi connectivity index (χ2n) is 3.48. The van der Waals surface area contributed by atoms with Crippen molar-refractivity contribution in [2.24, 2.45) is 0 Å². The maximum Gasteiger partial charge on any atom is 0.0642 e. The van der Waals surface area contributed by atoms with Crippen molar-refractivity contribution in [3.63, 3.8) is 0 Å². The summed E-state index contributed by atoms with van der Waals surface area (Å²) in [7, 11) is 0. The lowest BCUT2D eigenvalue weighted by molar-refractivity contribution is 0.122. The standard InChI is InChI=1S/C11H14ClNO.2C2H6/c1-9-10(12)3-2-4-11(9)13-5-7-14-8-6-13;2*1-2/h2-4H,5-8H2,1H3;2*1-2H3. The summed E-state index contributed by atoms with van der Waals surface area (Å²) in [6, 6.07) is 6.05. The number of hydrogen-bond acceptors (Lipinski definition) is 2.